The Labute approximate surface area is 174 Å². The van der Waals surface area contributed by atoms with E-state index in [2.05, 4.69) is 10.3 Å². The number of hydrogen-bond acceptors (Lipinski definition) is 5. The van der Waals surface area contributed by atoms with Gasteiger partial charge >= 0.3 is 0 Å². The number of methoxy groups -OCH3 is 2. The van der Waals surface area contributed by atoms with Gasteiger partial charge in [0.1, 0.15) is 17.0 Å². The van der Waals surface area contributed by atoms with Gasteiger partial charge in [-0.25, -0.2) is 4.98 Å². The first-order valence-electron chi connectivity index (χ1n) is 9.50. The lowest BCUT2D eigenvalue weighted by molar-refractivity contribution is 0.102. The van der Waals surface area contributed by atoms with Crippen molar-refractivity contribution in [1.82, 2.24) is 4.98 Å². The summed E-state index contributed by atoms with van der Waals surface area (Å²) in [5.41, 5.74) is 5.69. The molecular formula is C24H22N2O4. The van der Waals surface area contributed by atoms with Crippen LogP contribution >= 0.6 is 0 Å². The van der Waals surface area contributed by atoms with Crippen molar-refractivity contribution >= 4 is 22.7 Å². The Morgan fingerprint density at radius 1 is 0.967 bits per heavy atom. The number of carbonyl (C=O) groups is 1. The Kier molecular flexibility index (Phi) is 5.14. The van der Waals surface area contributed by atoms with Crippen LogP contribution in [0.1, 0.15) is 21.5 Å². The number of amides is 1. The Morgan fingerprint density at radius 3 is 2.53 bits per heavy atom. The molecule has 6 nitrogen and oxygen atoms in total. The molecule has 0 spiro atoms. The minimum atomic E-state index is -0.282. The molecule has 4 aromatic rings. The number of hydrogen-bond donors (Lipinski definition) is 1. The zero-order chi connectivity index (χ0) is 21.3. The van der Waals surface area contributed by atoms with Crippen molar-refractivity contribution in [2.75, 3.05) is 19.5 Å². The summed E-state index contributed by atoms with van der Waals surface area (Å²) in [4.78, 5) is 17.4. The Morgan fingerprint density at radius 2 is 1.77 bits per heavy atom. The summed E-state index contributed by atoms with van der Waals surface area (Å²) < 4.78 is 16.5. The van der Waals surface area contributed by atoms with E-state index < -0.39 is 0 Å². The zero-order valence-electron chi connectivity index (χ0n) is 17.3. The normalized spacial score (nSPS) is 10.8. The smallest absolute Gasteiger partial charge is 0.259 e. The molecule has 0 unspecified atom stereocenters. The molecule has 0 fully saturated rings. The van der Waals surface area contributed by atoms with Gasteiger partial charge in [0.05, 0.1) is 19.8 Å². The van der Waals surface area contributed by atoms with Gasteiger partial charge < -0.3 is 19.2 Å². The van der Waals surface area contributed by atoms with Crippen LogP contribution in [0.3, 0.4) is 0 Å². The molecule has 0 bridgehead atoms. The van der Waals surface area contributed by atoms with Crippen molar-refractivity contribution in [2.45, 2.75) is 13.8 Å². The standard InChI is InChI=1S/C24H22N2O4/c1-14-10-20-22(11-15(14)2)30-24(26-20)16-6-5-7-17(12-16)25-23(27)19-9-8-18(28-3)13-21(19)29-4/h5-13H,1-4H3,(H,25,27). The SMILES string of the molecule is COc1ccc(C(=O)Nc2cccc(-c3nc4cc(C)c(C)cc4o3)c2)c(OC)c1. The number of aromatic nitrogens is 1. The third kappa shape index (κ3) is 3.72. The molecule has 152 valence electrons. The average Bonchev–Trinajstić information content (AvgIpc) is 3.16. The van der Waals surface area contributed by atoms with Gasteiger partial charge in [-0.2, -0.15) is 0 Å². The fourth-order valence-corrected chi connectivity index (χ4v) is 3.22. The maximum absolute atomic E-state index is 12.8. The van der Waals surface area contributed by atoms with Gasteiger partial charge in [0.25, 0.3) is 5.91 Å². The average molecular weight is 402 g/mol. The molecule has 3 aromatic carbocycles. The quantitative estimate of drug-likeness (QED) is 0.485. The second kappa shape index (κ2) is 7.91. The molecule has 0 radical (unpaired) electrons. The number of anilines is 1. The lowest BCUT2D eigenvalue weighted by atomic mass is 10.1. The largest absolute Gasteiger partial charge is 0.497 e. The van der Waals surface area contributed by atoms with Crippen molar-refractivity contribution in [3.8, 4) is 23.0 Å². The summed E-state index contributed by atoms with van der Waals surface area (Å²) in [6.45, 7) is 4.09. The van der Waals surface area contributed by atoms with Crippen LogP contribution in [0.25, 0.3) is 22.6 Å². The minimum absolute atomic E-state index is 0.282. The number of rotatable bonds is 5. The molecule has 0 saturated carbocycles. The molecule has 1 heterocycles. The topological polar surface area (TPSA) is 73.6 Å². The van der Waals surface area contributed by atoms with Crippen LogP contribution < -0.4 is 14.8 Å². The van der Waals surface area contributed by atoms with Crippen molar-refractivity contribution < 1.29 is 18.7 Å². The van der Waals surface area contributed by atoms with Crippen LogP contribution in [-0.4, -0.2) is 25.1 Å². The minimum Gasteiger partial charge on any atom is -0.497 e. The van der Waals surface area contributed by atoms with E-state index in [1.165, 1.54) is 7.11 Å². The number of ether oxygens (including phenoxy) is 2. The first-order chi connectivity index (χ1) is 14.5. The highest BCUT2D eigenvalue weighted by Crippen LogP contribution is 2.29. The number of nitrogens with zero attached hydrogens (tertiary/aromatic N) is 1. The van der Waals surface area contributed by atoms with E-state index in [0.717, 1.165) is 27.8 Å². The lowest BCUT2D eigenvalue weighted by Gasteiger charge is -2.11. The maximum atomic E-state index is 12.8. The number of aryl methyl sites for hydroxylation is 2. The summed E-state index contributed by atoms with van der Waals surface area (Å²) in [7, 11) is 3.08. The highest BCUT2D eigenvalue weighted by Gasteiger charge is 2.15. The van der Waals surface area contributed by atoms with E-state index in [4.69, 9.17) is 13.9 Å². The molecule has 0 aliphatic heterocycles. The molecule has 4 rings (SSSR count). The van der Waals surface area contributed by atoms with Crippen LogP contribution in [0.5, 0.6) is 11.5 Å². The third-order valence-corrected chi connectivity index (χ3v) is 5.02. The second-order valence-corrected chi connectivity index (χ2v) is 7.02. The van der Waals surface area contributed by atoms with E-state index in [0.29, 0.717) is 28.6 Å². The summed E-state index contributed by atoms with van der Waals surface area (Å²) in [5, 5.41) is 2.90. The van der Waals surface area contributed by atoms with E-state index in [1.54, 1.807) is 25.3 Å². The van der Waals surface area contributed by atoms with E-state index in [1.807, 2.05) is 50.2 Å². The van der Waals surface area contributed by atoms with Crippen LogP contribution in [0.15, 0.2) is 59.0 Å². The van der Waals surface area contributed by atoms with Gasteiger partial charge in [-0.1, -0.05) is 6.07 Å². The molecule has 6 heteroatoms. The Bertz CT molecular complexity index is 1200. The molecule has 0 atom stereocenters. The van der Waals surface area contributed by atoms with Gasteiger partial charge in [0.2, 0.25) is 5.89 Å². The Balaban J connectivity index is 1.62. The van der Waals surface area contributed by atoms with Gasteiger partial charge in [0.15, 0.2) is 5.58 Å². The van der Waals surface area contributed by atoms with Gasteiger partial charge in [0, 0.05) is 17.3 Å². The number of fused-ring (bicyclic) bond motifs is 1. The zero-order valence-corrected chi connectivity index (χ0v) is 17.3. The van der Waals surface area contributed by atoms with Gasteiger partial charge in [-0.3, -0.25) is 4.79 Å². The first kappa shape index (κ1) is 19.5. The van der Waals surface area contributed by atoms with Crippen molar-refractivity contribution in [3.63, 3.8) is 0 Å². The predicted octanol–water partition coefficient (Wildman–Crippen LogP) is 5.38. The predicted molar refractivity (Wildman–Crippen MR) is 116 cm³/mol. The number of nitrogens with one attached hydrogen (secondary N) is 1. The summed E-state index contributed by atoms with van der Waals surface area (Å²) in [5.74, 6) is 1.28. The van der Waals surface area contributed by atoms with E-state index in [-0.39, 0.29) is 5.91 Å². The summed E-state index contributed by atoms with van der Waals surface area (Å²) >= 11 is 0. The Hall–Kier alpha value is -3.80. The second-order valence-electron chi connectivity index (χ2n) is 7.02. The summed E-state index contributed by atoms with van der Waals surface area (Å²) in [6.07, 6.45) is 0. The van der Waals surface area contributed by atoms with Gasteiger partial charge in [-0.15, -0.1) is 0 Å². The highest BCUT2D eigenvalue weighted by molar-refractivity contribution is 6.06. The van der Waals surface area contributed by atoms with Crippen molar-refractivity contribution in [3.05, 3.63) is 71.3 Å². The molecule has 30 heavy (non-hydrogen) atoms. The molecule has 0 saturated heterocycles. The third-order valence-electron chi connectivity index (χ3n) is 5.02. The monoisotopic (exact) mass is 402 g/mol. The molecule has 1 amide bonds. The van der Waals surface area contributed by atoms with Gasteiger partial charge in [-0.05, 0) is 67.4 Å². The van der Waals surface area contributed by atoms with E-state index >= 15 is 0 Å². The van der Waals surface area contributed by atoms with E-state index in [9.17, 15) is 4.79 Å². The highest BCUT2D eigenvalue weighted by atomic mass is 16.5. The van der Waals surface area contributed by atoms with Crippen molar-refractivity contribution in [2.24, 2.45) is 0 Å². The molecule has 0 aliphatic rings. The maximum Gasteiger partial charge on any atom is 0.259 e. The lowest BCUT2D eigenvalue weighted by Crippen LogP contribution is -2.13. The van der Waals surface area contributed by atoms with Crippen molar-refractivity contribution in [1.29, 1.82) is 0 Å². The molecule has 1 N–H and O–H groups in total. The number of oxazole rings is 1. The fourth-order valence-electron chi connectivity index (χ4n) is 3.22. The van der Waals surface area contributed by atoms with Crippen LogP contribution in [-0.2, 0) is 0 Å². The number of carbonyl (C=O) groups excluding carboxylic acids is 1. The summed E-state index contributed by atoms with van der Waals surface area (Å²) in [6, 6.07) is 16.5. The molecular weight excluding hydrogens is 380 g/mol. The van der Waals surface area contributed by atoms with Crippen LogP contribution in [0.2, 0.25) is 0 Å². The molecule has 1 aromatic heterocycles. The fraction of sp³-hybridized carbons (Fsp3) is 0.167. The molecule has 0 aliphatic carbocycles. The first-order valence-corrected chi connectivity index (χ1v) is 9.50. The number of benzene rings is 3. The van der Waals surface area contributed by atoms with Crippen LogP contribution in [0.4, 0.5) is 5.69 Å². The van der Waals surface area contributed by atoms with Crippen LogP contribution in [0, 0.1) is 13.8 Å².